The first-order chi connectivity index (χ1) is 18.3. The van der Waals surface area contributed by atoms with Gasteiger partial charge in [0.1, 0.15) is 15.8 Å². The maximum atomic E-state index is 14.2. The summed E-state index contributed by atoms with van der Waals surface area (Å²) in [5.41, 5.74) is -0.716. The number of ether oxygens (including phenoxy) is 1. The molecule has 0 aliphatic heterocycles. The van der Waals surface area contributed by atoms with E-state index in [0.29, 0.717) is 5.92 Å². The summed E-state index contributed by atoms with van der Waals surface area (Å²) in [4.78, 5) is 12.3. The largest absolute Gasteiger partial charge is 0.495 e. The number of sulfonamides is 1. The van der Waals surface area contributed by atoms with Crippen LogP contribution in [0.2, 0.25) is 0 Å². The van der Waals surface area contributed by atoms with E-state index in [4.69, 9.17) is 9.84 Å². The Hall–Kier alpha value is -2.13. The Morgan fingerprint density at radius 3 is 2.08 bits per heavy atom. The maximum absolute atomic E-state index is 14.2. The van der Waals surface area contributed by atoms with Crippen LogP contribution in [0, 0.1) is 17.7 Å². The number of thiophene rings is 1. The molecule has 2 fully saturated rings. The first kappa shape index (κ1) is 28.9. The average molecular weight is 566 g/mol. The highest BCUT2D eigenvalue weighted by atomic mass is 32.2. The second-order valence-electron chi connectivity index (χ2n) is 10.9. The van der Waals surface area contributed by atoms with Crippen molar-refractivity contribution in [1.82, 2.24) is 0 Å². The number of methoxy groups -OCH3 is 1. The molecule has 1 aromatic heterocycles. The minimum atomic E-state index is -3.99. The molecular formula is C29H40FNO5S2. The number of hydrogen-bond acceptors (Lipinski definition) is 5. The number of benzene rings is 1. The quantitative estimate of drug-likeness (QED) is 0.353. The molecule has 2 aliphatic carbocycles. The van der Waals surface area contributed by atoms with E-state index < -0.39 is 27.4 Å². The van der Waals surface area contributed by atoms with Crippen LogP contribution in [0.4, 0.5) is 10.1 Å². The monoisotopic (exact) mass is 565 g/mol. The fraction of sp³-hybridized carbons (Fsp3) is 0.621. The standard InChI is InChI=1S/C29H40FNO5S2/c1-36-26-18-23(29(32)33)24(30)19-25(26)31-38(34,35)28-17-16-27(37-28)22-14-8-12-21(13-9-15-22)20-10-6-4-2-3-5-7-11-20/h16-22,31H,2-15H2,1H3,(H,32,33). The molecule has 0 amide bonds. The Labute approximate surface area is 230 Å². The van der Waals surface area contributed by atoms with Crippen LogP contribution in [0.15, 0.2) is 28.5 Å². The molecule has 1 aromatic carbocycles. The zero-order chi connectivity index (χ0) is 27.1. The van der Waals surface area contributed by atoms with Gasteiger partial charge in [-0.15, -0.1) is 11.3 Å². The molecule has 210 valence electrons. The molecule has 2 aromatic rings. The molecule has 9 heteroatoms. The van der Waals surface area contributed by atoms with Crippen LogP contribution in [0.1, 0.15) is 111 Å². The summed E-state index contributed by atoms with van der Waals surface area (Å²) < 4.78 is 48.1. The fourth-order valence-corrected chi connectivity index (χ4v) is 8.85. The van der Waals surface area contributed by atoms with Crippen molar-refractivity contribution in [3.8, 4) is 5.75 Å². The zero-order valence-corrected chi connectivity index (χ0v) is 23.8. The number of nitrogens with one attached hydrogen (secondary N) is 1. The van der Waals surface area contributed by atoms with Crippen LogP contribution in [0.5, 0.6) is 5.75 Å². The van der Waals surface area contributed by atoms with Gasteiger partial charge >= 0.3 is 5.97 Å². The molecule has 2 saturated carbocycles. The van der Waals surface area contributed by atoms with Crippen molar-refractivity contribution in [2.24, 2.45) is 11.8 Å². The number of carboxylic acid groups (broad SMARTS) is 1. The van der Waals surface area contributed by atoms with Crippen molar-refractivity contribution >= 4 is 33.0 Å². The molecule has 2 N–H and O–H groups in total. The van der Waals surface area contributed by atoms with Gasteiger partial charge in [0.2, 0.25) is 0 Å². The summed E-state index contributed by atoms with van der Waals surface area (Å²) in [6.45, 7) is 0. The lowest BCUT2D eigenvalue weighted by molar-refractivity contribution is 0.0691. The molecule has 4 rings (SSSR count). The second-order valence-corrected chi connectivity index (χ2v) is 13.9. The molecule has 1 heterocycles. The third kappa shape index (κ3) is 7.29. The predicted octanol–water partition coefficient (Wildman–Crippen LogP) is 8.20. The topological polar surface area (TPSA) is 92.7 Å². The summed E-state index contributed by atoms with van der Waals surface area (Å²) in [6.07, 6.45) is 18.2. The van der Waals surface area contributed by atoms with Crippen molar-refractivity contribution in [2.75, 3.05) is 11.8 Å². The van der Waals surface area contributed by atoms with Crippen LogP contribution < -0.4 is 9.46 Å². The lowest BCUT2D eigenvalue weighted by Crippen LogP contribution is -2.18. The smallest absolute Gasteiger partial charge is 0.338 e. The van der Waals surface area contributed by atoms with Crippen molar-refractivity contribution in [1.29, 1.82) is 0 Å². The summed E-state index contributed by atoms with van der Waals surface area (Å²) in [7, 11) is -2.71. The number of halogens is 1. The summed E-state index contributed by atoms with van der Waals surface area (Å²) in [6, 6.07) is 5.34. The second kappa shape index (κ2) is 13.3. The van der Waals surface area contributed by atoms with Gasteiger partial charge in [-0.3, -0.25) is 4.72 Å². The van der Waals surface area contributed by atoms with Gasteiger partial charge in [0.05, 0.1) is 18.4 Å². The Kier molecular flexibility index (Phi) is 10.1. The highest BCUT2D eigenvalue weighted by molar-refractivity contribution is 7.94. The minimum absolute atomic E-state index is 0.0568. The predicted molar refractivity (Wildman–Crippen MR) is 149 cm³/mol. The van der Waals surface area contributed by atoms with Gasteiger partial charge in [0.25, 0.3) is 10.0 Å². The van der Waals surface area contributed by atoms with E-state index in [1.807, 2.05) is 6.07 Å². The number of carboxylic acids is 1. The van der Waals surface area contributed by atoms with Crippen molar-refractivity contribution < 1.29 is 27.4 Å². The minimum Gasteiger partial charge on any atom is -0.495 e. The van der Waals surface area contributed by atoms with Crippen LogP contribution in [-0.2, 0) is 10.0 Å². The summed E-state index contributed by atoms with van der Waals surface area (Å²) >= 11 is 1.26. The molecular weight excluding hydrogens is 525 g/mol. The van der Waals surface area contributed by atoms with Gasteiger partial charge in [-0.1, -0.05) is 77.0 Å². The van der Waals surface area contributed by atoms with Gasteiger partial charge in [-0.25, -0.2) is 17.6 Å². The Balaban J connectivity index is 1.40. The first-order valence-corrected chi connectivity index (χ1v) is 16.3. The zero-order valence-electron chi connectivity index (χ0n) is 22.2. The van der Waals surface area contributed by atoms with Crippen LogP contribution in [0.3, 0.4) is 0 Å². The van der Waals surface area contributed by atoms with E-state index in [9.17, 15) is 17.6 Å². The number of rotatable bonds is 7. The summed E-state index contributed by atoms with van der Waals surface area (Å²) in [5, 5.41) is 9.13. The van der Waals surface area contributed by atoms with Crippen LogP contribution >= 0.6 is 11.3 Å². The van der Waals surface area contributed by atoms with Crippen molar-refractivity contribution in [3.05, 3.63) is 40.5 Å². The lowest BCUT2D eigenvalue weighted by atomic mass is 9.76. The average Bonchev–Trinajstić information content (AvgIpc) is 3.39. The highest BCUT2D eigenvalue weighted by Gasteiger charge is 2.27. The fourth-order valence-electron chi connectivity index (χ4n) is 6.29. The van der Waals surface area contributed by atoms with E-state index >= 15 is 0 Å². The van der Waals surface area contributed by atoms with Crippen molar-refractivity contribution in [3.63, 3.8) is 0 Å². The normalized spacial score (nSPS) is 22.4. The number of carbonyl (C=O) groups is 1. The molecule has 0 unspecified atom stereocenters. The SMILES string of the molecule is COc1cc(C(=O)O)c(F)cc1NS(=O)(=O)c1ccc(C2CCCC(C3CCCCCCCC3)CCC2)s1. The van der Waals surface area contributed by atoms with Gasteiger partial charge < -0.3 is 9.84 Å². The van der Waals surface area contributed by atoms with E-state index in [1.54, 1.807) is 6.07 Å². The number of aromatic carboxylic acids is 1. The van der Waals surface area contributed by atoms with Crippen molar-refractivity contribution in [2.45, 2.75) is 100 Å². The van der Waals surface area contributed by atoms with Gasteiger partial charge in [-0.2, -0.15) is 0 Å². The molecule has 0 bridgehead atoms. The molecule has 0 spiro atoms. The van der Waals surface area contributed by atoms with E-state index in [0.717, 1.165) is 41.7 Å². The number of anilines is 1. The molecule has 38 heavy (non-hydrogen) atoms. The van der Waals surface area contributed by atoms with Crippen LogP contribution in [0.25, 0.3) is 0 Å². The number of hydrogen-bond donors (Lipinski definition) is 2. The summed E-state index contributed by atoms with van der Waals surface area (Å²) in [5.74, 6) is -0.485. The molecule has 0 radical (unpaired) electrons. The first-order valence-electron chi connectivity index (χ1n) is 14.0. The lowest BCUT2D eigenvalue weighted by Gasteiger charge is -2.30. The molecule has 0 atom stereocenters. The molecule has 2 aliphatic rings. The Morgan fingerprint density at radius 2 is 1.50 bits per heavy atom. The van der Waals surface area contributed by atoms with E-state index in [-0.39, 0.29) is 15.6 Å². The third-order valence-corrected chi connectivity index (χ3v) is 11.5. The maximum Gasteiger partial charge on any atom is 0.338 e. The van der Waals surface area contributed by atoms with Gasteiger partial charge in [0.15, 0.2) is 0 Å². The van der Waals surface area contributed by atoms with Gasteiger partial charge in [-0.05, 0) is 48.8 Å². The van der Waals surface area contributed by atoms with Crippen LogP contribution in [-0.4, -0.2) is 26.6 Å². The van der Waals surface area contributed by atoms with E-state index in [1.165, 1.54) is 95.5 Å². The highest BCUT2D eigenvalue weighted by Crippen LogP contribution is 2.41. The Morgan fingerprint density at radius 1 is 0.921 bits per heavy atom. The molecule has 6 nitrogen and oxygen atoms in total. The van der Waals surface area contributed by atoms with Gasteiger partial charge in [0, 0.05) is 10.9 Å². The Bertz CT molecular complexity index is 1180. The third-order valence-electron chi connectivity index (χ3n) is 8.35. The molecule has 0 saturated heterocycles. The van der Waals surface area contributed by atoms with E-state index in [2.05, 4.69) is 4.72 Å².